The second kappa shape index (κ2) is 7.01. The summed E-state index contributed by atoms with van der Waals surface area (Å²) in [7, 11) is 1.66. The van der Waals surface area contributed by atoms with Gasteiger partial charge in [0.1, 0.15) is 11.6 Å². The largest absolute Gasteiger partial charge is 0.497 e. The molecule has 2 aromatic carbocycles. The van der Waals surface area contributed by atoms with Gasteiger partial charge < -0.3 is 14.6 Å². The highest BCUT2D eigenvalue weighted by atomic mass is 19.1. The number of nitrogens with zero attached hydrogens (tertiary/aromatic N) is 1. The summed E-state index contributed by atoms with van der Waals surface area (Å²) in [5, 5.41) is 3.40. The zero-order valence-electron chi connectivity index (χ0n) is 13.0. The first-order chi connectivity index (χ1) is 11.2. The number of anilines is 1. The summed E-state index contributed by atoms with van der Waals surface area (Å²) in [6.07, 6.45) is 2.04. The van der Waals surface area contributed by atoms with E-state index in [0.717, 1.165) is 30.1 Å². The van der Waals surface area contributed by atoms with Crippen molar-refractivity contribution >= 4 is 5.69 Å². The summed E-state index contributed by atoms with van der Waals surface area (Å²) >= 11 is 0. The summed E-state index contributed by atoms with van der Waals surface area (Å²) in [5.74, 6) is 0.637. The minimum Gasteiger partial charge on any atom is -0.497 e. The lowest BCUT2D eigenvalue weighted by atomic mass is 10.2. The monoisotopic (exact) mass is 310 g/mol. The predicted molar refractivity (Wildman–Crippen MR) is 90.3 cm³/mol. The highest BCUT2D eigenvalue weighted by molar-refractivity contribution is 5.46. The Hall–Kier alpha value is -2.75. The van der Waals surface area contributed by atoms with Gasteiger partial charge in [-0.05, 0) is 54.1 Å². The fourth-order valence-corrected chi connectivity index (χ4v) is 2.45. The first-order valence-electron chi connectivity index (χ1n) is 7.51. The van der Waals surface area contributed by atoms with Crippen LogP contribution in [-0.2, 0) is 13.1 Å². The number of hydrogen-bond donors (Lipinski definition) is 1. The van der Waals surface area contributed by atoms with Gasteiger partial charge in [-0.3, -0.25) is 0 Å². The molecule has 4 heteroatoms. The quantitative estimate of drug-likeness (QED) is 0.735. The van der Waals surface area contributed by atoms with Crippen LogP contribution in [0.2, 0.25) is 0 Å². The minimum absolute atomic E-state index is 0.206. The average Bonchev–Trinajstić information content (AvgIpc) is 3.02. The number of hydrogen-bond acceptors (Lipinski definition) is 2. The van der Waals surface area contributed by atoms with Crippen LogP contribution in [0.3, 0.4) is 0 Å². The standard InChI is InChI=1S/C19H19FN2O/c1-23-19-10-8-17(9-11-19)21-13-18-3-2-12-22(18)14-15-4-6-16(20)7-5-15/h2-12,21H,13-14H2,1H3. The fraction of sp³-hybridized carbons (Fsp3) is 0.158. The van der Waals surface area contributed by atoms with Crippen LogP contribution in [-0.4, -0.2) is 11.7 Å². The number of halogens is 1. The molecule has 0 saturated carbocycles. The lowest BCUT2D eigenvalue weighted by Crippen LogP contribution is -2.08. The summed E-state index contributed by atoms with van der Waals surface area (Å²) in [5.41, 5.74) is 3.29. The Labute approximate surface area is 135 Å². The zero-order valence-corrected chi connectivity index (χ0v) is 13.0. The molecule has 1 aromatic heterocycles. The Morgan fingerprint density at radius 1 is 1.00 bits per heavy atom. The van der Waals surface area contributed by atoms with Crippen molar-refractivity contribution in [2.24, 2.45) is 0 Å². The van der Waals surface area contributed by atoms with Gasteiger partial charge in [-0.1, -0.05) is 12.1 Å². The van der Waals surface area contributed by atoms with Gasteiger partial charge >= 0.3 is 0 Å². The second-order valence-electron chi connectivity index (χ2n) is 5.34. The third kappa shape index (κ3) is 3.92. The van der Waals surface area contributed by atoms with Gasteiger partial charge in [0.2, 0.25) is 0 Å². The van der Waals surface area contributed by atoms with Crippen molar-refractivity contribution in [3.63, 3.8) is 0 Å². The van der Waals surface area contributed by atoms with Crippen LogP contribution < -0.4 is 10.1 Å². The second-order valence-corrected chi connectivity index (χ2v) is 5.34. The molecule has 0 atom stereocenters. The first kappa shape index (κ1) is 15.2. The molecule has 0 spiro atoms. The van der Waals surface area contributed by atoms with Crippen LogP contribution >= 0.6 is 0 Å². The van der Waals surface area contributed by atoms with Crippen LogP contribution in [0.4, 0.5) is 10.1 Å². The van der Waals surface area contributed by atoms with Gasteiger partial charge in [0, 0.05) is 24.1 Å². The number of aromatic nitrogens is 1. The van der Waals surface area contributed by atoms with E-state index in [9.17, 15) is 4.39 Å². The molecular formula is C19H19FN2O. The molecule has 0 aliphatic rings. The third-order valence-electron chi connectivity index (χ3n) is 3.75. The lowest BCUT2D eigenvalue weighted by Gasteiger charge is -2.12. The molecule has 0 aliphatic carbocycles. The molecule has 0 unspecified atom stereocenters. The van der Waals surface area contributed by atoms with Crippen molar-refractivity contribution in [3.05, 3.63) is 83.9 Å². The normalized spacial score (nSPS) is 10.5. The molecule has 118 valence electrons. The van der Waals surface area contributed by atoms with Crippen molar-refractivity contribution in [3.8, 4) is 5.75 Å². The van der Waals surface area contributed by atoms with E-state index in [0.29, 0.717) is 0 Å². The smallest absolute Gasteiger partial charge is 0.123 e. The summed E-state index contributed by atoms with van der Waals surface area (Å²) < 4.78 is 20.3. The topological polar surface area (TPSA) is 26.2 Å². The molecule has 0 bridgehead atoms. The third-order valence-corrected chi connectivity index (χ3v) is 3.75. The molecule has 1 N–H and O–H groups in total. The summed E-state index contributed by atoms with van der Waals surface area (Å²) in [6.45, 7) is 1.45. The van der Waals surface area contributed by atoms with Crippen LogP contribution in [0.15, 0.2) is 66.9 Å². The van der Waals surface area contributed by atoms with Gasteiger partial charge in [-0.15, -0.1) is 0 Å². The fourth-order valence-electron chi connectivity index (χ4n) is 2.45. The van der Waals surface area contributed by atoms with Gasteiger partial charge in [0.05, 0.1) is 13.7 Å². The number of nitrogens with one attached hydrogen (secondary N) is 1. The molecule has 0 aliphatic heterocycles. The molecule has 0 fully saturated rings. The van der Waals surface area contributed by atoms with Gasteiger partial charge in [-0.2, -0.15) is 0 Å². The minimum atomic E-state index is -0.206. The SMILES string of the molecule is COc1ccc(NCc2cccn2Cc2ccc(F)cc2)cc1. The maximum atomic E-state index is 13.0. The molecular weight excluding hydrogens is 291 g/mol. The Balaban J connectivity index is 1.64. The van der Waals surface area contributed by atoms with E-state index in [1.54, 1.807) is 7.11 Å². The number of benzene rings is 2. The zero-order chi connectivity index (χ0) is 16.1. The highest BCUT2D eigenvalue weighted by Gasteiger charge is 2.03. The Bertz CT molecular complexity index is 748. The van der Waals surface area contributed by atoms with E-state index in [-0.39, 0.29) is 5.82 Å². The van der Waals surface area contributed by atoms with E-state index in [1.165, 1.54) is 17.8 Å². The van der Waals surface area contributed by atoms with Crippen molar-refractivity contribution < 1.29 is 9.13 Å². The number of ether oxygens (including phenoxy) is 1. The van der Waals surface area contributed by atoms with Crippen molar-refractivity contribution in [2.45, 2.75) is 13.1 Å². The molecule has 0 amide bonds. The summed E-state index contributed by atoms with van der Waals surface area (Å²) in [4.78, 5) is 0. The molecule has 0 saturated heterocycles. The lowest BCUT2D eigenvalue weighted by molar-refractivity contribution is 0.415. The van der Waals surface area contributed by atoms with Crippen LogP contribution in [0.1, 0.15) is 11.3 Å². The Morgan fingerprint density at radius 3 is 2.43 bits per heavy atom. The van der Waals surface area contributed by atoms with Gasteiger partial charge in [-0.25, -0.2) is 4.39 Å². The highest BCUT2D eigenvalue weighted by Crippen LogP contribution is 2.16. The van der Waals surface area contributed by atoms with E-state index in [4.69, 9.17) is 4.74 Å². The maximum Gasteiger partial charge on any atom is 0.123 e. The first-order valence-corrected chi connectivity index (χ1v) is 7.51. The van der Waals surface area contributed by atoms with Gasteiger partial charge in [0.25, 0.3) is 0 Å². The molecule has 23 heavy (non-hydrogen) atoms. The maximum absolute atomic E-state index is 13.0. The number of rotatable bonds is 6. The molecule has 3 rings (SSSR count). The molecule has 3 aromatic rings. The van der Waals surface area contributed by atoms with Crippen LogP contribution in [0.25, 0.3) is 0 Å². The van der Waals surface area contributed by atoms with E-state index >= 15 is 0 Å². The van der Waals surface area contributed by atoms with E-state index < -0.39 is 0 Å². The Kier molecular flexibility index (Phi) is 4.62. The van der Waals surface area contributed by atoms with Crippen molar-refractivity contribution in [1.29, 1.82) is 0 Å². The average molecular weight is 310 g/mol. The number of methoxy groups -OCH3 is 1. The Morgan fingerprint density at radius 2 is 1.74 bits per heavy atom. The van der Waals surface area contributed by atoms with E-state index in [2.05, 4.69) is 16.0 Å². The van der Waals surface area contributed by atoms with Crippen molar-refractivity contribution in [1.82, 2.24) is 4.57 Å². The predicted octanol–water partition coefficient (Wildman–Crippen LogP) is 4.30. The van der Waals surface area contributed by atoms with Crippen molar-refractivity contribution in [2.75, 3.05) is 12.4 Å². The molecule has 3 nitrogen and oxygen atoms in total. The molecule has 0 radical (unpaired) electrons. The summed E-state index contributed by atoms with van der Waals surface area (Å²) in [6, 6.07) is 18.6. The van der Waals surface area contributed by atoms with Gasteiger partial charge in [0.15, 0.2) is 0 Å². The van der Waals surface area contributed by atoms with Crippen LogP contribution in [0.5, 0.6) is 5.75 Å². The van der Waals surface area contributed by atoms with Crippen LogP contribution in [0, 0.1) is 5.82 Å². The molecule has 1 heterocycles. The van der Waals surface area contributed by atoms with E-state index in [1.807, 2.05) is 48.7 Å².